The zero-order valence-corrected chi connectivity index (χ0v) is 11.8. The van der Waals surface area contributed by atoms with Crippen molar-refractivity contribution in [3.8, 4) is 0 Å². The lowest BCUT2D eigenvalue weighted by Gasteiger charge is -2.30. The van der Waals surface area contributed by atoms with Gasteiger partial charge in [-0.2, -0.15) is 0 Å². The molecule has 100 valence electrons. The van der Waals surface area contributed by atoms with Gasteiger partial charge in [0.25, 0.3) is 0 Å². The summed E-state index contributed by atoms with van der Waals surface area (Å²) in [6.45, 7) is 17.6. The molecule has 0 amide bonds. The van der Waals surface area contributed by atoms with Crippen LogP contribution in [0.1, 0.15) is 58.2 Å². The molecule has 0 aromatic heterocycles. The SMILES string of the molecule is [2HH].[BH3-][NH+](C(C)C)C(C)C.[B]N(C(C)C)C(C)C.[H-]. The summed E-state index contributed by atoms with van der Waals surface area (Å²) in [6, 6.07) is 2.65. The first-order valence-electron chi connectivity index (χ1n) is 5.97. The standard InChI is InChI=1S/C6H18BN.C6H14BN.H2.H/c2*1-5(2)8(7)6(3)4;;/h5-6,8H,1-4,7H3;5-6H,1-4H3;1H;/q;;;-1/i;;1+1;. The number of quaternary nitrogens is 1. The average Bonchev–Trinajstić information content (AvgIpc) is 2.15. The van der Waals surface area contributed by atoms with E-state index in [0.717, 1.165) is 12.1 Å². The van der Waals surface area contributed by atoms with Crippen molar-refractivity contribution in [2.45, 2.75) is 79.6 Å². The third kappa shape index (κ3) is 9.29. The quantitative estimate of drug-likeness (QED) is 0.691. The fourth-order valence-corrected chi connectivity index (χ4v) is 1.26. The first-order valence-corrected chi connectivity index (χ1v) is 5.97. The summed E-state index contributed by atoms with van der Waals surface area (Å²) in [5.74, 6) is 0. The largest absolute Gasteiger partial charge is 1.00 e. The summed E-state index contributed by atoms with van der Waals surface area (Å²) in [5, 5.41) is 0. The lowest BCUT2D eigenvalue weighted by molar-refractivity contribution is -0.827. The zero-order valence-electron chi connectivity index (χ0n) is 12.8. The first-order chi connectivity index (χ1) is 7.11. The summed E-state index contributed by atoms with van der Waals surface area (Å²) in [6.07, 6.45) is 0. The van der Waals surface area contributed by atoms with Crippen molar-refractivity contribution in [1.82, 2.24) is 4.81 Å². The highest BCUT2D eigenvalue weighted by molar-refractivity contribution is 6.04. The van der Waals surface area contributed by atoms with E-state index < -0.39 is 0 Å². The molecular formula is C12H35B2N2-. The van der Waals surface area contributed by atoms with Crippen LogP contribution in [0.25, 0.3) is 0 Å². The molecule has 0 fully saturated rings. The summed E-state index contributed by atoms with van der Waals surface area (Å²) in [4.78, 5) is 3.69. The molecule has 0 heterocycles. The van der Waals surface area contributed by atoms with E-state index in [9.17, 15) is 0 Å². The molecular weight excluding hydrogens is 194 g/mol. The maximum atomic E-state index is 5.59. The second kappa shape index (κ2) is 9.12. The van der Waals surface area contributed by atoms with E-state index >= 15 is 0 Å². The zero-order chi connectivity index (χ0) is 13.5. The van der Waals surface area contributed by atoms with Gasteiger partial charge in [-0.15, -0.1) is 0 Å². The van der Waals surface area contributed by atoms with Gasteiger partial charge in [-0.25, -0.2) is 0 Å². The molecule has 2 radical (unpaired) electrons. The van der Waals surface area contributed by atoms with Crippen molar-refractivity contribution in [3.05, 3.63) is 0 Å². The Morgan fingerprint density at radius 1 is 0.938 bits per heavy atom. The van der Waals surface area contributed by atoms with Crippen molar-refractivity contribution in [3.63, 3.8) is 0 Å². The van der Waals surface area contributed by atoms with Crippen molar-refractivity contribution < 1.29 is 7.66 Å². The molecule has 2 nitrogen and oxygen atoms in total. The monoisotopic (exact) mass is 230 g/mol. The molecule has 16 heavy (non-hydrogen) atoms. The van der Waals surface area contributed by atoms with E-state index in [1.807, 2.05) is 9.62 Å². The minimum absolute atomic E-state index is 0. The van der Waals surface area contributed by atoms with Gasteiger partial charge in [0.2, 0.25) is 0 Å². The highest BCUT2D eigenvalue weighted by Crippen LogP contribution is 1.97. The molecule has 0 aliphatic rings. The molecule has 1 N–H and O–H groups in total. The lowest BCUT2D eigenvalue weighted by atomic mass is 10.1. The molecule has 0 saturated carbocycles. The summed E-state index contributed by atoms with van der Waals surface area (Å²) >= 11 is 0. The number of rotatable bonds is 4. The lowest BCUT2D eigenvalue weighted by Crippen LogP contribution is -3.16. The third-order valence-corrected chi connectivity index (χ3v) is 1.86. The van der Waals surface area contributed by atoms with E-state index in [4.69, 9.17) is 7.98 Å². The van der Waals surface area contributed by atoms with Crippen LogP contribution in [0, 0.1) is 0 Å². The van der Waals surface area contributed by atoms with Gasteiger partial charge in [-0.05, 0) is 39.8 Å². The Morgan fingerprint density at radius 2 is 1.19 bits per heavy atom. The Balaban J connectivity index is -0.0000000980. The second-order valence-electron chi connectivity index (χ2n) is 5.11. The number of hydrogen-bond donors (Lipinski definition) is 1. The van der Waals surface area contributed by atoms with Gasteiger partial charge < -0.3 is 11.0 Å². The molecule has 0 unspecified atom stereocenters. The van der Waals surface area contributed by atoms with Gasteiger partial charge in [0.15, 0.2) is 16.0 Å². The van der Waals surface area contributed by atoms with Crippen molar-refractivity contribution >= 4 is 16.0 Å². The van der Waals surface area contributed by atoms with Crippen LogP contribution in [0.3, 0.4) is 0 Å². The smallest absolute Gasteiger partial charge is 0.183 e. The van der Waals surface area contributed by atoms with Crippen LogP contribution in [0.5, 0.6) is 0 Å². The number of hydrogen-bond acceptors (Lipinski definition) is 1. The molecule has 0 aliphatic carbocycles. The van der Waals surface area contributed by atoms with E-state index in [1.54, 1.807) is 0 Å². The van der Waals surface area contributed by atoms with E-state index in [-0.39, 0.29) is 2.85 Å². The molecule has 0 spiro atoms. The Kier molecular flexibility index (Phi) is 10.5. The predicted octanol–water partition coefficient (Wildman–Crippen LogP) is 0.516. The normalized spacial score (nSPS) is 11.9. The fraction of sp³-hybridized carbons (Fsp3) is 1.00. The van der Waals surface area contributed by atoms with E-state index in [2.05, 4.69) is 55.4 Å². The molecule has 0 aromatic carbocycles. The predicted molar refractivity (Wildman–Crippen MR) is 82.3 cm³/mol. The maximum absolute atomic E-state index is 5.59. The second-order valence-corrected chi connectivity index (χ2v) is 5.11. The summed E-state index contributed by atoms with van der Waals surface area (Å²) < 4.78 is 0. The van der Waals surface area contributed by atoms with Gasteiger partial charge in [-0.3, -0.25) is 0 Å². The Hall–Kier alpha value is 0.0499. The Bertz CT molecular complexity index is 134. The van der Waals surface area contributed by atoms with E-state index in [1.165, 1.54) is 0 Å². The average molecular weight is 230 g/mol. The third-order valence-electron chi connectivity index (χ3n) is 1.86. The Labute approximate surface area is 109 Å². The van der Waals surface area contributed by atoms with Crippen molar-refractivity contribution in [2.75, 3.05) is 0 Å². The van der Waals surface area contributed by atoms with Crippen LogP contribution in [-0.2, 0) is 0 Å². The van der Waals surface area contributed by atoms with Crippen LogP contribution >= 0.6 is 0 Å². The van der Waals surface area contributed by atoms with Crippen LogP contribution in [0.4, 0.5) is 0 Å². The van der Waals surface area contributed by atoms with Gasteiger partial charge in [0.1, 0.15) is 0 Å². The van der Waals surface area contributed by atoms with Crippen LogP contribution in [0.2, 0.25) is 0 Å². The highest BCUT2D eigenvalue weighted by atomic mass is 15.1. The van der Waals surface area contributed by atoms with E-state index in [0.29, 0.717) is 20.1 Å². The van der Waals surface area contributed by atoms with Gasteiger partial charge in [-0.1, -0.05) is 27.7 Å². The highest BCUT2D eigenvalue weighted by Gasteiger charge is 2.04. The Morgan fingerprint density at radius 3 is 1.19 bits per heavy atom. The summed E-state index contributed by atoms with van der Waals surface area (Å²) in [7, 11) is 6.10. The first kappa shape index (κ1) is 18.4. The fourth-order valence-electron chi connectivity index (χ4n) is 1.26. The molecule has 0 aromatic rings. The van der Waals surface area contributed by atoms with Crippen molar-refractivity contribution in [1.29, 1.82) is 0 Å². The van der Waals surface area contributed by atoms with Crippen LogP contribution in [-0.4, -0.2) is 44.9 Å². The molecule has 4 heteroatoms. The van der Waals surface area contributed by atoms with Gasteiger partial charge >= 0.3 is 0 Å². The molecule has 0 saturated heterocycles. The number of nitrogens with one attached hydrogen (secondary N) is 1. The number of nitrogens with zero attached hydrogens (tertiary/aromatic N) is 1. The minimum atomic E-state index is 0. The topological polar surface area (TPSA) is 7.68 Å². The molecule has 0 atom stereocenters. The maximum Gasteiger partial charge on any atom is 0.183 e. The van der Waals surface area contributed by atoms with Gasteiger partial charge in [0.05, 0.1) is 0 Å². The minimum Gasteiger partial charge on any atom is -1.00 e. The van der Waals surface area contributed by atoms with Crippen LogP contribution in [0.15, 0.2) is 0 Å². The van der Waals surface area contributed by atoms with Crippen LogP contribution < -0.4 is 4.81 Å². The van der Waals surface area contributed by atoms with Gasteiger partial charge in [0, 0.05) is 13.5 Å². The summed E-state index contributed by atoms with van der Waals surface area (Å²) in [5.41, 5.74) is 0. The van der Waals surface area contributed by atoms with Crippen molar-refractivity contribution in [2.24, 2.45) is 0 Å². The molecule has 0 bridgehead atoms. The molecule has 0 rings (SSSR count). The molecule has 0 aliphatic heterocycles.